The molecule has 1 saturated heterocycles. The second-order valence-corrected chi connectivity index (χ2v) is 9.24. The largest absolute Gasteiger partial charge is 0.495 e. The molecule has 1 fully saturated rings. The van der Waals surface area contributed by atoms with E-state index in [0.717, 1.165) is 16.6 Å². The van der Waals surface area contributed by atoms with Crippen molar-refractivity contribution < 1.29 is 24.2 Å². The van der Waals surface area contributed by atoms with Crippen LogP contribution in [0.15, 0.2) is 36.4 Å². The summed E-state index contributed by atoms with van der Waals surface area (Å²) < 4.78 is 12.7. The predicted molar refractivity (Wildman–Crippen MR) is 131 cm³/mol. The summed E-state index contributed by atoms with van der Waals surface area (Å²) in [6, 6.07) is 10.8. The molecule has 0 spiro atoms. The van der Waals surface area contributed by atoms with Crippen LogP contribution < -0.4 is 10.1 Å². The number of carboxylic acids is 1. The molecule has 2 unspecified atom stereocenters. The number of halogens is 2. The summed E-state index contributed by atoms with van der Waals surface area (Å²) in [6.07, 6.45) is 1.09. The smallest absolute Gasteiger partial charge is 0.310 e. The fourth-order valence-electron chi connectivity index (χ4n) is 4.58. The molecule has 2 aromatic carbocycles. The van der Waals surface area contributed by atoms with E-state index in [2.05, 4.69) is 5.32 Å². The molecule has 1 aromatic heterocycles. The Kier molecular flexibility index (Phi) is 6.80. The summed E-state index contributed by atoms with van der Waals surface area (Å²) in [5, 5.41) is 13.9. The maximum atomic E-state index is 13.5. The third-order valence-corrected chi connectivity index (χ3v) is 7.46. The molecule has 2 N–H and O–H groups in total. The highest BCUT2D eigenvalue weighted by molar-refractivity contribution is 6.46. The number of nitrogens with one attached hydrogen (secondary N) is 1. The number of ether oxygens (including phenoxy) is 2. The van der Waals surface area contributed by atoms with Gasteiger partial charge in [-0.05, 0) is 23.6 Å². The number of fused-ring (bicyclic) bond motifs is 1. The van der Waals surface area contributed by atoms with Gasteiger partial charge in [-0.15, -0.1) is 0 Å². The Hall–Kier alpha value is -2.74. The number of carboxylic acid groups (broad SMARTS) is 1. The number of hydrogen-bond acceptors (Lipinski definition) is 4. The number of aromatic nitrogens is 1. The fourth-order valence-corrected chi connectivity index (χ4v) is 5.06. The minimum atomic E-state index is -0.853. The van der Waals surface area contributed by atoms with Crippen molar-refractivity contribution in [3.8, 4) is 5.75 Å². The molecular formula is C25H26Cl2N2O5. The van der Waals surface area contributed by atoms with Crippen LogP contribution in [0.3, 0.4) is 0 Å². The van der Waals surface area contributed by atoms with Crippen molar-refractivity contribution in [1.82, 2.24) is 9.88 Å². The quantitative estimate of drug-likeness (QED) is 0.466. The molecule has 4 rings (SSSR count). The summed E-state index contributed by atoms with van der Waals surface area (Å²) >= 11 is 12.7. The van der Waals surface area contributed by atoms with Crippen LogP contribution in [0.5, 0.6) is 5.75 Å². The third kappa shape index (κ3) is 4.13. The van der Waals surface area contributed by atoms with Crippen LogP contribution in [-0.4, -0.2) is 41.9 Å². The van der Waals surface area contributed by atoms with E-state index in [-0.39, 0.29) is 5.91 Å². The first-order valence-electron chi connectivity index (χ1n) is 11.0. The molecule has 7 nitrogen and oxygen atoms in total. The van der Waals surface area contributed by atoms with Gasteiger partial charge in [-0.3, -0.25) is 9.59 Å². The topological polar surface area (TPSA) is 89.8 Å². The van der Waals surface area contributed by atoms with Gasteiger partial charge in [0.25, 0.3) is 5.91 Å². The van der Waals surface area contributed by atoms with E-state index in [9.17, 15) is 14.7 Å². The Morgan fingerprint density at radius 2 is 1.94 bits per heavy atom. The highest BCUT2D eigenvalue weighted by atomic mass is 35.5. The average molecular weight is 505 g/mol. The summed E-state index contributed by atoms with van der Waals surface area (Å²) in [6.45, 7) is 2.67. The Morgan fingerprint density at radius 3 is 2.50 bits per heavy atom. The van der Waals surface area contributed by atoms with Crippen LogP contribution >= 0.6 is 23.2 Å². The van der Waals surface area contributed by atoms with Gasteiger partial charge in [-0.25, -0.2) is 0 Å². The average Bonchev–Trinajstić information content (AvgIpc) is 3.42. The lowest BCUT2D eigenvalue weighted by Crippen LogP contribution is -2.47. The van der Waals surface area contributed by atoms with Gasteiger partial charge in [0, 0.05) is 31.5 Å². The van der Waals surface area contributed by atoms with Gasteiger partial charge in [-0.2, -0.15) is 0 Å². The normalized spacial score (nSPS) is 18.7. The Labute approximate surface area is 207 Å². The summed E-state index contributed by atoms with van der Waals surface area (Å²) in [7, 11) is 3.29. The molecule has 180 valence electrons. The van der Waals surface area contributed by atoms with Crippen LogP contribution in [0.1, 0.15) is 47.3 Å². The SMILES string of the molecule is CCC(C(=O)O)c1ccc(C2(NC(=O)c3cc4c(Cl)c(Cl)c(OC)cc4n3C)CCOC2)cc1. The summed E-state index contributed by atoms with van der Waals surface area (Å²) in [5.41, 5.74) is 2.01. The zero-order chi connectivity index (χ0) is 24.6. The van der Waals surface area contributed by atoms with E-state index >= 15 is 0 Å². The van der Waals surface area contributed by atoms with Gasteiger partial charge in [0.15, 0.2) is 0 Å². The minimum absolute atomic E-state index is 0.281. The number of nitrogens with zero attached hydrogens (tertiary/aromatic N) is 1. The molecular weight excluding hydrogens is 479 g/mol. The molecule has 9 heteroatoms. The number of benzene rings is 2. The standard InChI is InChI=1S/C25H26Cl2N2O5/c1-4-16(24(31)32)14-5-7-15(8-6-14)25(9-10-34-13-25)28-23(30)19-11-17-18(29(19)2)12-20(33-3)22(27)21(17)26/h5-8,11-12,16H,4,9-10,13H2,1-3H3,(H,28,30)(H,31,32). The molecule has 2 heterocycles. The lowest BCUT2D eigenvalue weighted by molar-refractivity contribution is -0.138. The predicted octanol–water partition coefficient (Wildman–Crippen LogP) is 5.12. The summed E-state index contributed by atoms with van der Waals surface area (Å²) in [5.74, 6) is -1.27. The van der Waals surface area contributed by atoms with E-state index < -0.39 is 17.4 Å². The summed E-state index contributed by atoms with van der Waals surface area (Å²) in [4.78, 5) is 25.0. The van der Waals surface area contributed by atoms with Gasteiger partial charge in [0.2, 0.25) is 0 Å². The van der Waals surface area contributed by atoms with Crippen LogP contribution in [-0.2, 0) is 22.1 Å². The van der Waals surface area contributed by atoms with Gasteiger partial charge in [0.1, 0.15) is 16.5 Å². The van der Waals surface area contributed by atoms with Crippen molar-refractivity contribution in [2.75, 3.05) is 20.3 Å². The number of aliphatic carboxylic acids is 1. The molecule has 3 aromatic rings. The molecule has 1 aliphatic heterocycles. The number of hydrogen-bond donors (Lipinski definition) is 2. The first kappa shape index (κ1) is 24.4. The Morgan fingerprint density at radius 1 is 1.24 bits per heavy atom. The van der Waals surface area contributed by atoms with E-state index in [0.29, 0.717) is 52.9 Å². The van der Waals surface area contributed by atoms with Gasteiger partial charge in [-0.1, -0.05) is 54.4 Å². The minimum Gasteiger partial charge on any atom is -0.495 e. The van der Waals surface area contributed by atoms with Crippen LogP contribution in [0.4, 0.5) is 0 Å². The first-order valence-corrected chi connectivity index (χ1v) is 11.7. The molecule has 1 aliphatic rings. The highest BCUT2D eigenvalue weighted by Crippen LogP contribution is 2.40. The monoisotopic (exact) mass is 504 g/mol. The van der Waals surface area contributed by atoms with E-state index in [1.165, 1.54) is 7.11 Å². The zero-order valence-electron chi connectivity index (χ0n) is 19.2. The lowest BCUT2D eigenvalue weighted by Gasteiger charge is -2.30. The molecule has 1 amide bonds. The maximum Gasteiger partial charge on any atom is 0.310 e. The van der Waals surface area contributed by atoms with Crippen molar-refractivity contribution in [3.05, 3.63) is 63.3 Å². The van der Waals surface area contributed by atoms with Crippen LogP contribution in [0.2, 0.25) is 10.0 Å². The first-order chi connectivity index (χ1) is 16.2. The number of amides is 1. The molecule has 0 aliphatic carbocycles. The highest BCUT2D eigenvalue weighted by Gasteiger charge is 2.39. The van der Waals surface area contributed by atoms with E-state index in [1.54, 1.807) is 23.7 Å². The second kappa shape index (κ2) is 9.49. The van der Waals surface area contributed by atoms with Crippen molar-refractivity contribution >= 4 is 46.0 Å². The van der Waals surface area contributed by atoms with Gasteiger partial charge >= 0.3 is 5.97 Å². The zero-order valence-corrected chi connectivity index (χ0v) is 20.7. The number of methoxy groups -OCH3 is 1. The second-order valence-electron chi connectivity index (χ2n) is 8.49. The van der Waals surface area contributed by atoms with Crippen LogP contribution in [0, 0.1) is 0 Å². The fraction of sp³-hybridized carbons (Fsp3) is 0.360. The molecule has 34 heavy (non-hydrogen) atoms. The van der Waals surface area contributed by atoms with Crippen molar-refractivity contribution in [2.45, 2.75) is 31.2 Å². The number of aryl methyl sites for hydroxylation is 1. The lowest BCUT2D eigenvalue weighted by atomic mass is 9.86. The maximum absolute atomic E-state index is 13.5. The van der Waals surface area contributed by atoms with Gasteiger partial charge in [0.05, 0.1) is 35.7 Å². The van der Waals surface area contributed by atoms with Gasteiger partial charge < -0.3 is 24.5 Å². The third-order valence-electron chi connectivity index (χ3n) is 6.59. The number of rotatable bonds is 7. The Balaban J connectivity index is 1.68. The number of carbonyl (C=O) groups excluding carboxylic acids is 1. The van der Waals surface area contributed by atoms with Crippen molar-refractivity contribution in [2.24, 2.45) is 7.05 Å². The Bertz CT molecular complexity index is 1250. The number of carbonyl (C=O) groups is 2. The molecule has 0 radical (unpaired) electrons. The van der Waals surface area contributed by atoms with Crippen LogP contribution in [0.25, 0.3) is 10.9 Å². The molecule has 0 bridgehead atoms. The van der Waals surface area contributed by atoms with E-state index in [4.69, 9.17) is 32.7 Å². The molecule has 2 atom stereocenters. The van der Waals surface area contributed by atoms with Crippen molar-refractivity contribution in [1.29, 1.82) is 0 Å². The molecule has 0 saturated carbocycles. The van der Waals surface area contributed by atoms with Crippen molar-refractivity contribution in [3.63, 3.8) is 0 Å². The van der Waals surface area contributed by atoms with E-state index in [1.807, 2.05) is 31.2 Å².